The first kappa shape index (κ1) is 31.5. The third kappa shape index (κ3) is 6.98. The van der Waals surface area contributed by atoms with E-state index in [1.54, 1.807) is 63.2 Å². The Labute approximate surface area is 259 Å². The molecule has 11 nitrogen and oxygen atoms in total. The zero-order valence-corrected chi connectivity index (χ0v) is 26.2. The lowest BCUT2D eigenvalue weighted by Gasteiger charge is -2.25. The molecular weight excluding hydrogens is 642 g/mol. The lowest BCUT2D eigenvalue weighted by atomic mass is 9.95. The summed E-state index contributed by atoms with van der Waals surface area (Å²) in [6.07, 6.45) is 1.66. The van der Waals surface area contributed by atoms with E-state index in [0.29, 0.717) is 50.0 Å². The second-order valence-corrected chi connectivity index (χ2v) is 10.9. The third-order valence-electron chi connectivity index (χ3n) is 6.22. The number of rotatable bonds is 11. The maximum Gasteiger partial charge on any atom is 0.343 e. The minimum Gasteiger partial charge on any atom is -0.490 e. The number of nitrogens with zero attached hydrogens (tertiary/aromatic N) is 3. The van der Waals surface area contributed by atoms with Crippen LogP contribution in [0.4, 0.5) is 0 Å². The van der Waals surface area contributed by atoms with Crippen LogP contribution in [-0.4, -0.2) is 50.0 Å². The molecular formula is C30H28BrN3O8S. The number of ether oxygens (including phenoxy) is 5. The lowest BCUT2D eigenvalue weighted by molar-refractivity contribution is -0.143. The molecule has 0 N–H and O–H groups in total. The molecule has 4 rings (SSSR count). The number of nitriles is 1. The summed E-state index contributed by atoms with van der Waals surface area (Å²) in [5, 5.41) is 8.99. The van der Waals surface area contributed by atoms with Crippen LogP contribution in [0, 0.1) is 11.3 Å². The van der Waals surface area contributed by atoms with Gasteiger partial charge in [0.05, 0.1) is 42.2 Å². The summed E-state index contributed by atoms with van der Waals surface area (Å²) in [4.78, 5) is 43.9. The Morgan fingerprint density at radius 1 is 1.09 bits per heavy atom. The van der Waals surface area contributed by atoms with Gasteiger partial charge in [-0.3, -0.25) is 9.36 Å². The molecule has 43 heavy (non-hydrogen) atoms. The van der Waals surface area contributed by atoms with E-state index >= 15 is 0 Å². The molecule has 1 atom stereocenters. The highest BCUT2D eigenvalue weighted by Gasteiger charge is 2.34. The van der Waals surface area contributed by atoms with E-state index in [1.165, 1.54) is 11.7 Å². The van der Waals surface area contributed by atoms with Crippen LogP contribution in [0.3, 0.4) is 0 Å². The Bertz CT molecular complexity index is 1800. The zero-order valence-electron chi connectivity index (χ0n) is 23.8. The lowest BCUT2D eigenvalue weighted by Crippen LogP contribution is -2.40. The molecule has 0 spiro atoms. The van der Waals surface area contributed by atoms with E-state index in [1.807, 2.05) is 6.07 Å². The highest BCUT2D eigenvalue weighted by Crippen LogP contribution is 2.36. The Morgan fingerprint density at radius 2 is 1.86 bits per heavy atom. The van der Waals surface area contributed by atoms with Crippen molar-refractivity contribution in [3.8, 4) is 23.3 Å². The number of carbonyl (C=O) groups excluding carboxylic acids is 2. The SMILES string of the molecule is CCOC(=O)C1=C(C)N=c2s/c(=C\c3cc(Br)ccc3OCC#N)c(=O)n2[C@H]1c1ccc(OCC(=O)OC)c(OCC)c1. The van der Waals surface area contributed by atoms with Gasteiger partial charge in [-0.25, -0.2) is 14.6 Å². The standard InChI is InChI=1S/C30H28BrN3O8S/c1-5-39-23-14-18(7-9-22(23)42-16-25(35)38-4)27-26(29(37)40-6-2)17(3)33-30-34(27)28(36)24(43-30)15-19-13-20(31)8-10-21(19)41-12-11-32/h7-10,13-15,27H,5-6,12,16H2,1-4H3/b24-15-/t27-/m0/s1. The number of thiazole rings is 1. The number of carbonyl (C=O) groups is 2. The maximum absolute atomic E-state index is 14.0. The average Bonchev–Trinajstić information content (AvgIpc) is 3.29. The fraction of sp³-hybridized carbons (Fsp3) is 0.300. The minimum atomic E-state index is -0.900. The topological polar surface area (TPSA) is 138 Å². The maximum atomic E-state index is 14.0. The molecule has 3 aromatic rings. The zero-order chi connectivity index (χ0) is 31.1. The van der Waals surface area contributed by atoms with Crippen molar-refractivity contribution in [1.82, 2.24) is 4.57 Å². The van der Waals surface area contributed by atoms with Crippen LogP contribution >= 0.6 is 27.3 Å². The van der Waals surface area contributed by atoms with Gasteiger partial charge in [0.15, 0.2) is 29.5 Å². The van der Waals surface area contributed by atoms with Gasteiger partial charge >= 0.3 is 11.9 Å². The van der Waals surface area contributed by atoms with E-state index in [0.717, 1.165) is 15.8 Å². The monoisotopic (exact) mass is 669 g/mol. The summed E-state index contributed by atoms with van der Waals surface area (Å²) in [5.74, 6) is -0.127. The summed E-state index contributed by atoms with van der Waals surface area (Å²) in [7, 11) is 1.26. The van der Waals surface area contributed by atoms with Crippen molar-refractivity contribution in [3.05, 3.63) is 83.0 Å². The smallest absolute Gasteiger partial charge is 0.343 e. The molecule has 224 valence electrons. The molecule has 0 amide bonds. The third-order valence-corrected chi connectivity index (χ3v) is 7.70. The molecule has 2 aromatic carbocycles. The Hall–Kier alpha value is -4.41. The fourth-order valence-corrected chi connectivity index (χ4v) is 5.82. The molecule has 0 saturated carbocycles. The molecule has 0 saturated heterocycles. The van der Waals surface area contributed by atoms with Crippen LogP contribution in [-0.2, 0) is 19.1 Å². The van der Waals surface area contributed by atoms with Gasteiger partial charge in [0.2, 0.25) is 0 Å². The van der Waals surface area contributed by atoms with Gasteiger partial charge in [-0.2, -0.15) is 5.26 Å². The molecule has 0 fully saturated rings. The summed E-state index contributed by atoms with van der Waals surface area (Å²) < 4.78 is 29.5. The van der Waals surface area contributed by atoms with Gasteiger partial charge in [0, 0.05) is 10.0 Å². The highest BCUT2D eigenvalue weighted by molar-refractivity contribution is 9.10. The molecule has 1 aromatic heterocycles. The van der Waals surface area contributed by atoms with Crippen molar-refractivity contribution < 1.29 is 33.3 Å². The summed E-state index contributed by atoms with van der Waals surface area (Å²) in [5.41, 5.74) is 1.34. The normalized spacial score (nSPS) is 14.3. The summed E-state index contributed by atoms with van der Waals surface area (Å²) >= 11 is 4.60. The van der Waals surface area contributed by atoms with Crippen LogP contribution < -0.4 is 29.1 Å². The Kier molecular flexibility index (Phi) is 10.4. The predicted molar refractivity (Wildman–Crippen MR) is 161 cm³/mol. The molecule has 1 aliphatic rings. The van der Waals surface area contributed by atoms with E-state index in [-0.39, 0.29) is 25.4 Å². The first-order valence-corrected chi connectivity index (χ1v) is 14.8. The van der Waals surface area contributed by atoms with Gasteiger partial charge in [-0.1, -0.05) is 33.3 Å². The summed E-state index contributed by atoms with van der Waals surface area (Å²) in [6, 6.07) is 11.3. The van der Waals surface area contributed by atoms with Crippen molar-refractivity contribution in [3.63, 3.8) is 0 Å². The molecule has 13 heteroatoms. The van der Waals surface area contributed by atoms with Gasteiger partial charge < -0.3 is 23.7 Å². The van der Waals surface area contributed by atoms with Crippen LogP contribution in [0.2, 0.25) is 0 Å². The average molecular weight is 671 g/mol. The van der Waals surface area contributed by atoms with Crippen LogP contribution in [0.25, 0.3) is 6.08 Å². The number of hydrogen-bond acceptors (Lipinski definition) is 11. The molecule has 0 unspecified atom stereocenters. The van der Waals surface area contributed by atoms with Gasteiger partial charge in [-0.15, -0.1) is 0 Å². The van der Waals surface area contributed by atoms with Crippen LogP contribution in [0.1, 0.15) is 37.9 Å². The number of benzene rings is 2. The fourth-order valence-electron chi connectivity index (χ4n) is 4.40. The molecule has 1 aliphatic heterocycles. The summed E-state index contributed by atoms with van der Waals surface area (Å²) in [6.45, 7) is 5.12. The number of fused-ring (bicyclic) bond motifs is 1. The molecule has 0 aliphatic carbocycles. The van der Waals surface area contributed by atoms with E-state index in [2.05, 4.69) is 25.7 Å². The number of allylic oxidation sites excluding steroid dienone is 1. The quantitative estimate of drug-likeness (QED) is 0.281. The van der Waals surface area contributed by atoms with Gasteiger partial charge in [0.1, 0.15) is 11.8 Å². The van der Waals surface area contributed by atoms with E-state index in [4.69, 9.17) is 24.2 Å². The van der Waals surface area contributed by atoms with Gasteiger partial charge in [0.25, 0.3) is 5.56 Å². The largest absolute Gasteiger partial charge is 0.490 e. The van der Waals surface area contributed by atoms with E-state index < -0.39 is 23.5 Å². The number of halogens is 1. The highest BCUT2D eigenvalue weighted by atomic mass is 79.9. The van der Waals surface area contributed by atoms with Crippen LogP contribution in [0.5, 0.6) is 17.2 Å². The Balaban J connectivity index is 1.91. The van der Waals surface area contributed by atoms with Crippen molar-refractivity contribution in [1.29, 1.82) is 5.26 Å². The van der Waals surface area contributed by atoms with E-state index in [9.17, 15) is 14.4 Å². The van der Waals surface area contributed by atoms with Gasteiger partial charge in [-0.05, 0) is 62.7 Å². The second-order valence-electron chi connectivity index (χ2n) is 8.94. The van der Waals surface area contributed by atoms with Crippen molar-refractivity contribution in [2.24, 2.45) is 4.99 Å². The predicted octanol–water partition coefficient (Wildman–Crippen LogP) is 3.41. The second kappa shape index (κ2) is 14.2. The van der Waals surface area contributed by atoms with Crippen molar-refractivity contribution in [2.75, 3.05) is 33.5 Å². The molecule has 2 heterocycles. The minimum absolute atomic E-state index is 0.131. The molecule has 0 bridgehead atoms. The Morgan fingerprint density at radius 3 is 2.56 bits per heavy atom. The number of methoxy groups -OCH3 is 1. The first-order chi connectivity index (χ1) is 20.7. The van der Waals surface area contributed by atoms with Crippen molar-refractivity contribution >= 4 is 45.3 Å². The van der Waals surface area contributed by atoms with Crippen LogP contribution in [0.15, 0.2) is 61.9 Å². The number of aromatic nitrogens is 1. The number of esters is 2. The van der Waals surface area contributed by atoms with Crippen molar-refractivity contribution in [2.45, 2.75) is 26.8 Å². The molecule has 0 radical (unpaired) electrons. The first-order valence-electron chi connectivity index (χ1n) is 13.2. The number of hydrogen-bond donors (Lipinski definition) is 0.